The topological polar surface area (TPSA) is 72.9 Å². The number of tetrazole rings is 1. The van der Waals surface area contributed by atoms with Crippen LogP contribution in [0.5, 0.6) is 0 Å². The fourth-order valence-corrected chi connectivity index (χ4v) is 1.65. The molecule has 1 aromatic heterocycles. The van der Waals surface area contributed by atoms with E-state index < -0.39 is 0 Å². The van der Waals surface area contributed by atoms with E-state index in [1.807, 2.05) is 43.0 Å². The standard InChI is InChI=1S/C12H18N6/c1-17(2)7-8-18-12(14-15-16-18)11-5-3-10(9-13)4-6-11/h3-6H,7-9,13H2,1-2H3. The molecule has 0 aliphatic rings. The van der Waals surface area contributed by atoms with Gasteiger partial charge in [-0.25, -0.2) is 4.68 Å². The molecule has 1 heterocycles. The van der Waals surface area contributed by atoms with Crippen LogP contribution in [0.15, 0.2) is 24.3 Å². The van der Waals surface area contributed by atoms with Gasteiger partial charge in [0.2, 0.25) is 0 Å². The molecule has 18 heavy (non-hydrogen) atoms. The van der Waals surface area contributed by atoms with Gasteiger partial charge in [0.05, 0.1) is 6.54 Å². The summed E-state index contributed by atoms with van der Waals surface area (Å²) in [5.74, 6) is 0.792. The maximum atomic E-state index is 5.58. The minimum absolute atomic E-state index is 0.547. The zero-order chi connectivity index (χ0) is 13.0. The third-order valence-electron chi connectivity index (χ3n) is 2.74. The highest BCUT2D eigenvalue weighted by Gasteiger charge is 2.08. The first-order valence-electron chi connectivity index (χ1n) is 5.91. The molecule has 2 N–H and O–H groups in total. The molecule has 96 valence electrons. The van der Waals surface area contributed by atoms with Gasteiger partial charge >= 0.3 is 0 Å². The molecule has 2 rings (SSSR count). The van der Waals surface area contributed by atoms with Gasteiger partial charge < -0.3 is 10.6 Å². The van der Waals surface area contributed by atoms with Crippen LogP contribution in [-0.4, -0.2) is 45.7 Å². The van der Waals surface area contributed by atoms with E-state index in [4.69, 9.17) is 5.73 Å². The number of likely N-dealkylation sites (N-methyl/N-ethyl adjacent to an activating group) is 1. The van der Waals surface area contributed by atoms with Crippen LogP contribution in [0.25, 0.3) is 11.4 Å². The monoisotopic (exact) mass is 246 g/mol. The van der Waals surface area contributed by atoms with Crippen LogP contribution in [0, 0.1) is 0 Å². The van der Waals surface area contributed by atoms with E-state index in [0.717, 1.165) is 30.0 Å². The molecule has 6 heteroatoms. The normalized spacial score (nSPS) is 11.1. The Morgan fingerprint density at radius 1 is 1.22 bits per heavy atom. The summed E-state index contributed by atoms with van der Waals surface area (Å²) in [5, 5.41) is 11.8. The van der Waals surface area contributed by atoms with Crippen LogP contribution < -0.4 is 5.73 Å². The first-order valence-corrected chi connectivity index (χ1v) is 5.91. The zero-order valence-electron chi connectivity index (χ0n) is 10.7. The Morgan fingerprint density at radius 3 is 2.56 bits per heavy atom. The van der Waals surface area contributed by atoms with Gasteiger partial charge in [0.1, 0.15) is 0 Å². The number of nitrogens with zero attached hydrogens (tertiary/aromatic N) is 5. The second kappa shape index (κ2) is 5.70. The molecule has 0 radical (unpaired) electrons. The van der Waals surface area contributed by atoms with E-state index in [1.165, 1.54) is 0 Å². The Morgan fingerprint density at radius 2 is 1.94 bits per heavy atom. The SMILES string of the molecule is CN(C)CCn1nnnc1-c1ccc(CN)cc1. The Hall–Kier alpha value is -1.79. The average molecular weight is 246 g/mol. The smallest absolute Gasteiger partial charge is 0.182 e. The van der Waals surface area contributed by atoms with Gasteiger partial charge in [0.15, 0.2) is 5.82 Å². The van der Waals surface area contributed by atoms with Crippen LogP contribution in [-0.2, 0) is 13.1 Å². The Labute approximate surface area is 106 Å². The highest BCUT2D eigenvalue weighted by Crippen LogP contribution is 2.16. The fraction of sp³-hybridized carbons (Fsp3) is 0.417. The van der Waals surface area contributed by atoms with Crippen molar-refractivity contribution in [3.8, 4) is 11.4 Å². The molecular formula is C12H18N6. The summed E-state index contributed by atoms with van der Waals surface area (Å²) >= 11 is 0. The van der Waals surface area contributed by atoms with E-state index in [2.05, 4.69) is 20.4 Å². The van der Waals surface area contributed by atoms with E-state index in [9.17, 15) is 0 Å². The van der Waals surface area contributed by atoms with Crippen molar-refractivity contribution < 1.29 is 0 Å². The van der Waals surface area contributed by atoms with E-state index >= 15 is 0 Å². The minimum atomic E-state index is 0.547. The number of aromatic nitrogens is 4. The molecule has 0 bridgehead atoms. The quantitative estimate of drug-likeness (QED) is 0.824. The number of rotatable bonds is 5. The predicted molar refractivity (Wildman–Crippen MR) is 69.7 cm³/mol. The van der Waals surface area contributed by atoms with Crippen LogP contribution in [0.4, 0.5) is 0 Å². The third kappa shape index (κ3) is 2.91. The van der Waals surface area contributed by atoms with E-state index in [-0.39, 0.29) is 0 Å². The summed E-state index contributed by atoms with van der Waals surface area (Å²) in [4.78, 5) is 2.10. The summed E-state index contributed by atoms with van der Waals surface area (Å²) in [6, 6.07) is 8.00. The molecule has 0 amide bonds. The lowest BCUT2D eigenvalue weighted by Crippen LogP contribution is -2.19. The summed E-state index contributed by atoms with van der Waals surface area (Å²) in [6.07, 6.45) is 0. The maximum absolute atomic E-state index is 5.58. The lowest BCUT2D eigenvalue weighted by atomic mass is 10.1. The van der Waals surface area contributed by atoms with Crippen molar-refractivity contribution in [3.63, 3.8) is 0 Å². The van der Waals surface area contributed by atoms with Crippen LogP contribution in [0.2, 0.25) is 0 Å². The number of nitrogens with two attached hydrogens (primary N) is 1. The van der Waals surface area contributed by atoms with Crippen molar-refractivity contribution in [2.24, 2.45) is 5.73 Å². The van der Waals surface area contributed by atoms with E-state index in [0.29, 0.717) is 6.54 Å². The van der Waals surface area contributed by atoms with Gasteiger partial charge in [0.25, 0.3) is 0 Å². The van der Waals surface area contributed by atoms with Crippen molar-refractivity contribution >= 4 is 0 Å². The van der Waals surface area contributed by atoms with Gasteiger partial charge in [-0.15, -0.1) is 5.10 Å². The van der Waals surface area contributed by atoms with Crippen LogP contribution >= 0.6 is 0 Å². The second-order valence-electron chi connectivity index (χ2n) is 4.43. The molecule has 1 aromatic carbocycles. The molecule has 0 unspecified atom stereocenters. The molecular weight excluding hydrogens is 228 g/mol. The van der Waals surface area contributed by atoms with Crippen molar-refractivity contribution in [3.05, 3.63) is 29.8 Å². The predicted octanol–water partition coefficient (Wildman–Crippen LogP) is 0.360. The Balaban J connectivity index is 2.19. The highest BCUT2D eigenvalue weighted by atomic mass is 15.5. The molecule has 0 saturated heterocycles. The second-order valence-corrected chi connectivity index (χ2v) is 4.43. The summed E-state index contributed by atoms with van der Waals surface area (Å²) in [6.45, 7) is 2.22. The minimum Gasteiger partial charge on any atom is -0.326 e. The van der Waals surface area contributed by atoms with Crippen molar-refractivity contribution in [1.82, 2.24) is 25.1 Å². The van der Waals surface area contributed by atoms with E-state index in [1.54, 1.807) is 0 Å². The molecule has 2 aromatic rings. The highest BCUT2D eigenvalue weighted by molar-refractivity contribution is 5.54. The molecule has 0 aliphatic heterocycles. The molecule has 0 aliphatic carbocycles. The van der Waals surface area contributed by atoms with Crippen LogP contribution in [0.3, 0.4) is 0 Å². The number of hydrogen-bond donors (Lipinski definition) is 1. The number of benzene rings is 1. The summed E-state index contributed by atoms with van der Waals surface area (Å²) in [5.41, 5.74) is 7.69. The maximum Gasteiger partial charge on any atom is 0.182 e. The zero-order valence-corrected chi connectivity index (χ0v) is 10.7. The molecule has 0 atom stereocenters. The van der Waals surface area contributed by atoms with Crippen LogP contribution in [0.1, 0.15) is 5.56 Å². The van der Waals surface area contributed by atoms with Gasteiger partial charge in [-0.1, -0.05) is 24.3 Å². The largest absolute Gasteiger partial charge is 0.326 e. The summed E-state index contributed by atoms with van der Waals surface area (Å²) in [7, 11) is 4.06. The summed E-state index contributed by atoms with van der Waals surface area (Å²) < 4.78 is 1.82. The molecule has 6 nitrogen and oxygen atoms in total. The average Bonchev–Trinajstić information content (AvgIpc) is 2.85. The molecule has 0 spiro atoms. The Bertz CT molecular complexity index is 488. The molecule has 0 saturated carbocycles. The van der Waals surface area contributed by atoms with Gasteiger partial charge in [-0.2, -0.15) is 0 Å². The number of hydrogen-bond acceptors (Lipinski definition) is 5. The fourth-order valence-electron chi connectivity index (χ4n) is 1.65. The van der Waals surface area contributed by atoms with Crippen molar-refractivity contribution in [2.75, 3.05) is 20.6 Å². The lowest BCUT2D eigenvalue weighted by molar-refractivity contribution is 0.372. The van der Waals surface area contributed by atoms with Crippen molar-refractivity contribution in [2.45, 2.75) is 13.1 Å². The van der Waals surface area contributed by atoms with Crippen molar-refractivity contribution in [1.29, 1.82) is 0 Å². The van der Waals surface area contributed by atoms with Gasteiger partial charge in [-0.3, -0.25) is 0 Å². The first kappa shape index (κ1) is 12.7. The van der Waals surface area contributed by atoms with Gasteiger partial charge in [0, 0.05) is 18.7 Å². The molecule has 0 fully saturated rings. The lowest BCUT2D eigenvalue weighted by Gasteiger charge is -2.10. The first-order chi connectivity index (χ1) is 8.70. The van der Waals surface area contributed by atoms with Gasteiger partial charge in [-0.05, 0) is 30.1 Å². The third-order valence-corrected chi connectivity index (χ3v) is 2.74. The Kier molecular flexibility index (Phi) is 4.01.